The maximum atomic E-state index is 12.7. The van der Waals surface area contributed by atoms with E-state index >= 15 is 0 Å². The SMILES string of the molecule is CN(C)/C=C1\CCCC(C)(c2ccccc2)C1=O. The van der Waals surface area contributed by atoms with Gasteiger partial charge < -0.3 is 4.90 Å². The van der Waals surface area contributed by atoms with Gasteiger partial charge in [-0.15, -0.1) is 0 Å². The molecule has 2 rings (SSSR count). The van der Waals surface area contributed by atoms with Gasteiger partial charge in [0.1, 0.15) is 0 Å². The molecule has 1 aliphatic rings. The first-order chi connectivity index (χ1) is 8.54. The van der Waals surface area contributed by atoms with Gasteiger partial charge in [0, 0.05) is 25.9 Å². The molecular formula is C16H21NO. The van der Waals surface area contributed by atoms with E-state index in [-0.39, 0.29) is 11.2 Å². The highest BCUT2D eigenvalue weighted by Crippen LogP contribution is 2.38. The molecule has 1 atom stereocenters. The Kier molecular flexibility index (Phi) is 3.55. The van der Waals surface area contributed by atoms with Crippen LogP contribution in [0.1, 0.15) is 31.7 Å². The van der Waals surface area contributed by atoms with Gasteiger partial charge in [-0.3, -0.25) is 4.79 Å². The fourth-order valence-corrected chi connectivity index (χ4v) is 2.73. The molecule has 0 saturated heterocycles. The summed E-state index contributed by atoms with van der Waals surface area (Å²) in [6.45, 7) is 2.08. The summed E-state index contributed by atoms with van der Waals surface area (Å²) in [6, 6.07) is 10.2. The number of ketones is 1. The van der Waals surface area contributed by atoms with Crippen LogP contribution in [0, 0.1) is 0 Å². The lowest BCUT2D eigenvalue weighted by Crippen LogP contribution is -2.37. The third-order valence-electron chi connectivity index (χ3n) is 3.74. The van der Waals surface area contributed by atoms with Crippen molar-refractivity contribution in [2.45, 2.75) is 31.6 Å². The Hall–Kier alpha value is -1.57. The molecule has 18 heavy (non-hydrogen) atoms. The second-order valence-corrected chi connectivity index (χ2v) is 5.50. The molecule has 1 saturated carbocycles. The van der Waals surface area contributed by atoms with Crippen LogP contribution in [0.2, 0.25) is 0 Å². The zero-order valence-electron chi connectivity index (χ0n) is 11.4. The summed E-state index contributed by atoms with van der Waals surface area (Å²) in [4.78, 5) is 14.7. The molecule has 1 fully saturated rings. The minimum Gasteiger partial charge on any atom is -0.383 e. The molecule has 0 spiro atoms. The molecule has 0 amide bonds. The number of carbonyl (C=O) groups excluding carboxylic acids is 1. The fourth-order valence-electron chi connectivity index (χ4n) is 2.73. The number of benzene rings is 1. The van der Waals surface area contributed by atoms with E-state index in [1.165, 1.54) is 0 Å². The number of hydrogen-bond acceptors (Lipinski definition) is 2. The van der Waals surface area contributed by atoms with Crippen LogP contribution in [0.15, 0.2) is 42.1 Å². The van der Waals surface area contributed by atoms with E-state index in [2.05, 4.69) is 19.1 Å². The van der Waals surface area contributed by atoms with Crippen molar-refractivity contribution in [2.24, 2.45) is 0 Å². The van der Waals surface area contributed by atoms with Crippen molar-refractivity contribution < 1.29 is 4.79 Å². The van der Waals surface area contributed by atoms with Crippen LogP contribution in [-0.4, -0.2) is 24.8 Å². The second-order valence-electron chi connectivity index (χ2n) is 5.50. The van der Waals surface area contributed by atoms with Crippen LogP contribution >= 0.6 is 0 Å². The summed E-state index contributed by atoms with van der Waals surface area (Å²) in [5.41, 5.74) is 1.75. The van der Waals surface area contributed by atoms with Gasteiger partial charge >= 0.3 is 0 Å². The zero-order chi connectivity index (χ0) is 13.2. The van der Waals surface area contributed by atoms with Crippen LogP contribution in [0.5, 0.6) is 0 Å². The Balaban J connectivity index is 2.37. The van der Waals surface area contributed by atoms with Crippen molar-refractivity contribution in [2.75, 3.05) is 14.1 Å². The lowest BCUT2D eigenvalue weighted by molar-refractivity contribution is -0.121. The maximum Gasteiger partial charge on any atom is 0.170 e. The summed E-state index contributed by atoms with van der Waals surface area (Å²) in [6.07, 6.45) is 4.90. The highest BCUT2D eigenvalue weighted by atomic mass is 16.1. The van der Waals surface area contributed by atoms with E-state index in [4.69, 9.17) is 0 Å². The Bertz CT molecular complexity index is 461. The van der Waals surface area contributed by atoms with Gasteiger partial charge in [-0.1, -0.05) is 30.3 Å². The fraction of sp³-hybridized carbons (Fsp3) is 0.438. The van der Waals surface area contributed by atoms with Gasteiger partial charge in [0.05, 0.1) is 5.41 Å². The largest absolute Gasteiger partial charge is 0.383 e. The monoisotopic (exact) mass is 243 g/mol. The van der Waals surface area contributed by atoms with Crippen LogP contribution in [0.4, 0.5) is 0 Å². The van der Waals surface area contributed by atoms with Crippen molar-refractivity contribution >= 4 is 5.78 Å². The van der Waals surface area contributed by atoms with Gasteiger partial charge in [0.15, 0.2) is 5.78 Å². The first kappa shape index (κ1) is 12.9. The van der Waals surface area contributed by atoms with E-state index in [1.54, 1.807) is 0 Å². The molecule has 1 aliphatic carbocycles. The number of allylic oxidation sites excluding steroid dienone is 1. The molecule has 1 aromatic rings. The average Bonchev–Trinajstić information content (AvgIpc) is 2.36. The summed E-state index contributed by atoms with van der Waals surface area (Å²) in [7, 11) is 3.93. The number of rotatable bonds is 2. The standard InChI is InChI=1S/C16H21NO/c1-16(14-9-5-4-6-10-14)11-7-8-13(15(16)18)12-17(2)3/h4-6,9-10,12H,7-8,11H2,1-3H3/b13-12+. The Morgan fingerprint density at radius 2 is 1.89 bits per heavy atom. The summed E-state index contributed by atoms with van der Waals surface area (Å²) in [5, 5.41) is 0. The van der Waals surface area contributed by atoms with Crippen molar-refractivity contribution in [3.05, 3.63) is 47.7 Å². The molecule has 2 heteroatoms. The molecule has 0 aromatic heterocycles. The highest BCUT2D eigenvalue weighted by molar-refractivity contribution is 6.03. The normalized spacial score (nSPS) is 26.4. The second kappa shape index (κ2) is 4.97. The Morgan fingerprint density at radius 3 is 2.50 bits per heavy atom. The smallest absolute Gasteiger partial charge is 0.170 e. The number of carbonyl (C=O) groups is 1. The number of Topliss-reactive ketones (excluding diaryl/α,β-unsaturated/α-hetero) is 1. The Labute approximate surface area is 109 Å². The van der Waals surface area contributed by atoms with Crippen LogP contribution < -0.4 is 0 Å². The zero-order valence-corrected chi connectivity index (χ0v) is 11.4. The molecule has 0 radical (unpaired) electrons. The minimum atomic E-state index is -0.346. The first-order valence-electron chi connectivity index (χ1n) is 6.51. The molecule has 0 N–H and O–H groups in total. The van der Waals surface area contributed by atoms with Crippen LogP contribution in [0.25, 0.3) is 0 Å². The highest BCUT2D eigenvalue weighted by Gasteiger charge is 2.39. The number of hydrogen-bond donors (Lipinski definition) is 0. The van der Waals surface area contributed by atoms with E-state index in [9.17, 15) is 4.79 Å². The molecule has 1 unspecified atom stereocenters. The van der Waals surface area contributed by atoms with Crippen LogP contribution in [-0.2, 0) is 10.2 Å². The van der Waals surface area contributed by atoms with E-state index < -0.39 is 0 Å². The molecule has 0 heterocycles. The molecule has 0 bridgehead atoms. The topological polar surface area (TPSA) is 20.3 Å². The quantitative estimate of drug-likeness (QED) is 0.744. The predicted octanol–water partition coefficient (Wildman–Crippen LogP) is 3.14. The van der Waals surface area contributed by atoms with E-state index in [0.717, 1.165) is 30.4 Å². The summed E-state index contributed by atoms with van der Waals surface area (Å²) >= 11 is 0. The van der Waals surface area contributed by atoms with Gasteiger partial charge in [-0.05, 0) is 31.7 Å². The average molecular weight is 243 g/mol. The molecule has 1 aromatic carbocycles. The molecule has 0 aliphatic heterocycles. The summed E-state index contributed by atoms with van der Waals surface area (Å²) < 4.78 is 0. The van der Waals surface area contributed by atoms with Gasteiger partial charge in [0.2, 0.25) is 0 Å². The summed E-state index contributed by atoms with van der Waals surface area (Å²) in [5.74, 6) is 0.286. The van der Waals surface area contributed by atoms with Crippen LogP contribution in [0.3, 0.4) is 0 Å². The molecule has 96 valence electrons. The van der Waals surface area contributed by atoms with Gasteiger partial charge in [-0.25, -0.2) is 0 Å². The van der Waals surface area contributed by atoms with Gasteiger partial charge in [0.25, 0.3) is 0 Å². The maximum absolute atomic E-state index is 12.7. The van der Waals surface area contributed by atoms with Crippen molar-refractivity contribution in [3.8, 4) is 0 Å². The third kappa shape index (κ3) is 2.33. The van der Waals surface area contributed by atoms with E-state index in [1.807, 2.05) is 43.4 Å². The third-order valence-corrected chi connectivity index (χ3v) is 3.74. The van der Waals surface area contributed by atoms with Crippen molar-refractivity contribution in [3.63, 3.8) is 0 Å². The first-order valence-corrected chi connectivity index (χ1v) is 6.51. The lowest BCUT2D eigenvalue weighted by atomic mass is 9.68. The predicted molar refractivity (Wildman–Crippen MR) is 74.4 cm³/mol. The Morgan fingerprint density at radius 1 is 1.22 bits per heavy atom. The van der Waals surface area contributed by atoms with Crippen molar-refractivity contribution in [1.82, 2.24) is 4.90 Å². The molecular weight excluding hydrogens is 222 g/mol. The number of nitrogens with zero attached hydrogens (tertiary/aromatic N) is 1. The lowest BCUT2D eigenvalue weighted by Gasteiger charge is -2.34. The molecule has 2 nitrogen and oxygen atoms in total. The van der Waals surface area contributed by atoms with Gasteiger partial charge in [-0.2, -0.15) is 0 Å². The van der Waals surface area contributed by atoms with Crippen molar-refractivity contribution in [1.29, 1.82) is 0 Å². The van der Waals surface area contributed by atoms with E-state index in [0.29, 0.717) is 0 Å². The minimum absolute atomic E-state index is 0.286.